The second-order valence-corrected chi connectivity index (χ2v) is 8.62. The van der Waals surface area contributed by atoms with Crippen molar-refractivity contribution in [1.82, 2.24) is 10.3 Å². The van der Waals surface area contributed by atoms with E-state index in [1.807, 2.05) is 36.4 Å². The van der Waals surface area contributed by atoms with Gasteiger partial charge in [-0.3, -0.25) is 4.79 Å². The lowest BCUT2D eigenvalue weighted by molar-refractivity contribution is 0.0954. The minimum Gasteiger partial charge on any atom is -0.379 e. The van der Waals surface area contributed by atoms with Crippen LogP contribution in [0.1, 0.15) is 40.4 Å². The van der Waals surface area contributed by atoms with Gasteiger partial charge in [-0.15, -0.1) is 0 Å². The number of sulfone groups is 1. The van der Waals surface area contributed by atoms with Crippen LogP contribution in [-0.4, -0.2) is 32.1 Å². The standard InChI is InChI=1S/C20H23N3O3S/c1-27(25,26)11-5-10-21-20(24)19-18(12-17(14-23-19)16-8-9-16)22-13-15-6-3-2-4-7-15/h2-7,11-12,14,16,22H,8-10,13H2,1H3,(H,21,24)/b11-5+. The van der Waals surface area contributed by atoms with E-state index in [0.29, 0.717) is 23.8 Å². The van der Waals surface area contributed by atoms with Crippen LogP contribution in [0.15, 0.2) is 54.1 Å². The van der Waals surface area contributed by atoms with Crippen molar-refractivity contribution < 1.29 is 13.2 Å². The zero-order chi connectivity index (χ0) is 19.3. The second-order valence-electron chi connectivity index (χ2n) is 6.69. The first-order valence-electron chi connectivity index (χ1n) is 8.85. The van der Waals surface area contributed by atoms with Gasteiger partial charge >= 0.3 is 0 Å². The van der Waals surface area contributed by atoms with Crippen molar-refractivity contribution in [2.45, 2.75) is 25.3 Å². The number of rotatable bonds is 8. The Morgan fingerprint density at radius 3 is 2.67 bits per heavy atom. The van der Waals surface area contributed by atoms with Crippen LogP contribution in [0, 0.1) is 0 Å². The minimum atomic E-state index is -3.20. The first-order valence-corrected chi connectivity index (χ1v) is 10.8. The average molecular weight is 385 g/mol. The van der Waals surface area contributed by atoms with Gasteiger partial charge in [0.15, 0.2) is 15.5 Å². The molecule has 1 aliphatic carbocycles. The highest BCUT2D eigenvalue weighted by molar-refractivity contribution is 7.93. The van der Waals surface area contributed by atoms with Gasteiger partial charge in [-0.1, -0.05) is 36.4 Å². The molecule has 2 aromatic rings. The summed E-state index contributed by atoms with van der Waals surface area (Å²) in [5, 5.41) is 7.07. The fraction of sp³-hybridized carbons (Fsp3) is 0.300. The molecule has 7 heteroatoms. The molecule has 0 bridgehead atoms. The Balaban J connectivity index is 1.72. The van der Waals surface area contributed by atoms with E-state index < -0.39 is 9.84 Å². The maximum atomic E-state index is 12.5. The van der Waals surface area contributed by atoms with Crippen LogP contribution in [-0.2, 0) is 16.4 Å². The van der Waals surface area contributed by atoms with Crippen LogP contribution in [0.25, 0.3) is 0 Å². The van der Waals surface area contributed by atoms with Crippen molar-refractivity contribution in [2.24, 2.45) is 0 Å². The van der Waals surface area contributed by atoms with Crippen LogP contribution < -0.4 is 10.6 Å². The molecular formula is C20H23N3O3S. The minimum absolute atomic E-state index is 0.121. The van der Waals surface area contributed by atoms with E-state index in [9.17, 15) is 13.2 Å². The highest BCUT2D eigenvalue weighted by Gasteiger charge is 2.25. The Labute approximate surface area is 159 Å². The molecule has 0 aliphatic heterocycles. The number of hydrogen-bond acceptors (Lipinski definition) is 5. The summed E-state index contributed by atoms with van der Waals surface area (Å²) >= 11 is 0. The lowest BCUT2D eigenvalue weighted by Gasteiger charge is -2.13. The molecule has 2 N–H and O–H groups in total. The Bertz CT molecular complexity index is 936. The summed E-state index contributed by atoms with van der Waals surface area (Å²) in [5.74, 6) is 0.190. The molecule has 0 saturated heterocycles. The lowest BCUT2D eigenvalue weighted by atomic mass is 10.1. The molecule has 6 nitrogen and oxygen atoms in total. The van der Waals surface area contributed by atoms with Crippen LogP contribution in [0.2, 0.25) is 0 Å². The van der Waals surface area contributed by atoms with Gasteiger partial charge in [0.2, 0.25) is 0 Å². The molecule has 1 amide bonds. The number of benzene rings is 1. The predicted molar refractivity (Wildman–Crippen MR) is 106 cm³/mol. The third-order valence-electron chi connectivity index (χ3n) is 4.22. The van der Waals surface area contributed by atoms with Crippen molar-refractivity contribution in [1.29, 1.82) is 0 Å². The fourth-order valence-electron chi connectivity index (χ4n) is 2.69. The van der Waals surface area contributed by atoms with Crippen LogP contribution in [0.3, 0.4) is 0 Å². The molecule has 1 aromatic carbocycles. The summed E-state index contributed by atoms with van der Waals surface area (Å²) in [6.07, 6.45) is 6.58. The molecule has 0 radical (unpaired) electrons. The fourth-order valence-corrected chi connectivity index (χ4v) is 3.13. The van der Waals surface area contributed by atoms with Crippen molar-refractivity contribution in [2.75, 3.05) is 18.1 Å². The first-order chi connectivity index (χ1) is 12.9. The normalized spacial score (nSPS) is 14.3. The van der Waals surface area contributed by atoms with Gasteiger partial charge in [0.05, 0.1) is 5.69 Å². The van der Waals surface area contributed by atoms with E-state index in [1.165, 1.54) is 6.08 Å². The van der Waals surface area contributed by atoms with Gasteiger partial charge in [0.25, 0.3) is 5.91 Å². The highest BCUT2D eigenvalue weighted by atomic mass is 32.2. The van der Waals surface area contributed by atoms with Crippen molar-refractivity contribution >= 4 is 21.4 Å². The van der Waals surface area contributed by atoms with Gasteiger partial charge < -0.3 is 10.6 Å². The molecule has 1 aliphatic rings. The number of carbonyl (C=O) groups is 1. The predicted octanol–water partition coefficient (Wildman–Crippen LogP) is 2.86. The van der Waals surface area contributed by atoms with Crippen LogP contribution >= 0.6 is 0 Å². The lowest BCUT2D eigenvalue weighted by Crippen LogP contribution is -2.25. The maximum absolute atomic E-state index is 12.5. The van der Waals surface area contributed by atoms with Crippen LogP contribution in [0.5, 0.6) is 0 Å². The van der Waals surface area contributed by atoms with Gasteiger partial charge in [0.1, 0.15) is 0 Å². The average Bonchev–Trinajstić information content (AvgIpc) is 3.48. The zero-order valence-electron chi connectivity index (χ0n) is 15.2. The van der Waals surface area contributed by atoms with E-state index in [4.69, 9.17) is 0 Å². The summed E-state index contributed by atoms with van der Waals surface area (Å²) in [5.41, 5.74) is 3.24. The van der Waals surface area contributed by atoms with Crippen molar-refractivity contribution in [3.8, 4) is 0 Å². The Kier molecular flexibility index (Phi) is 5.91. The number of nitrogens with zero attached hydrogens (tertiary/aromatic N) is 1. The van der Waals surface area contributed by atoms with E-state index in [1.54, 1.807) is 6.20 Å². The van der Waals surface area contributed by atoms with Crippen molar-refractivity contribution in [3.63, 3.8) is 0 Å². The monoisotopic (exact) mass is 385 g/mol. The van der Waals surface area contributed by atoms with E-state index in [0.717, 1.165) is 35.6 Å². The third-order valence-corrected chi connectivity index (χ3v) is 4.91. The highest BCUT2D eigenvalue weighted by Crippen LogP contribution is 2.40. The summed E-state index contributed by atoms with van der Waals surface area (Å²) in [7, 11) is -3.20. The third kappa shape index (κ3) is 5.92. The Morgan fingerprint density at radius 1 is 1.26 bits per heavy atom. The topological polar surface area (TPSA) is 88.2 Å². The molecule has 3 rings (SSSR count). The molecule has 1 saturated carbocycles. The number of amides is 1. The number of nitrogens with one attached hydrogen (secondary N) is 2. The Hall–Kier alpha value is -2.67. The van der Waals surface area contributed by atoms with Crippen LogP contribution in [0.4, 0.5) is 5.69 Å². The molecule has 1 aromatic heterocycles. The molecule has 0 unspecified atom stereocenters. The summed E-state index contributed by atoms with van der Waals surface area (Å²) < 4.78 is 22.2. The molecule has 1 heterocycles. The van der Waals surface area contributed by atoms with Gasteiger partial charge in [-0.2, -0.15) is 0 Å². The number of aromatic nitrogens is 1. The second kappa shape index (κ2) is 8.35. The molecule has 0 atom stereocenters. The smallest absolute Gasteiger partial charge is 0.272 e. The van der Waals surface area contributed by atoms with E-state index in [-0.39, 0.29) is 12.5 Å². The van der Waals surface area contributed by atoms with Crippen molar-refractivity contribution in [3.05, 3.63) is 70.9 Å². The van der Waals surface area contributed by atoms with E-state index in [2.05, 4.69) is 15.6 Å². The van der Waals surface area contributed by atoms with Gasteiger partial charge in [-0.05, 0) is 36.0 Å². The number of anilines is 1. The van der Waals surface area contributed by atoms with Gasteiger partial charge in [0, 0.05) is 31.0 Å². The maximum Gasteiger partial charge on any atom is 0.272 e. The van der Waals surface area contributed by atoms with Gasteiger partial charge in [-0.25, -0.2) is 13.4 Å². The zero-order valence-corrected chi connectivity index (χ0v) is 16.0. The summed E-state index contributed by atoms with van der Waals surface area (Å²) in [4.78, 5) is 16.9. The molecule has 27 heavy (non-hydrogen) atoms. The van der Waals surface area contributed by atoms with E-state index >= 15 is 0 Å². The molecular weight excluding hydrogens is 362 g/mol. The molecule has 142 valence electrons. The molecule has 0 spiro atoms. The number of pyridine rings is 1. The quantitative estimate of drug-likeness (QED) is 0.729. The molecule has 1 fully saturated rings. The SMILES string of the molecule is CS(=O)(=O)/C=C/CNC(=O)c1ncc(C2CC2)cc1NCc1ccccc1. The first kappa shape index (κ1) is 19.1. The summed E-state index contributed by atoms with van der Waals surface area (Å²) in [6, 6.07) is 11.9. The Morgan fingerprint density at radius 2 is 2.00 bits per heavy atom. The number of hydrogen-bond donors (Lipinski definition) is 2. The number of carbonyl (C=O) groups excluding carboxylic acids is 1. The largest absolute Gasteiger partial charge is 0.379 e. The summed E-state index contributed by atoms with van der Waals surface area (Å²) in [6.45, 7) is 0.709.